The number of fused-ring (bicyclic) bond motifs is 8. The van der Waals surface area contributed by atoms with E-state index < -0.39 is 5.60 Å². The number of hydrogen-bond donors (Lipinski definition) is 1. The predicted molar refractivity (Wildman–Crippen MR) is 115 cm³/mol. The van der Waals surface area contributed by atoms with Crippen LogP contribution < -0.4 is 0 Å². The van der Waals surface area contributed by atoms with Gasteiger partial charge in [-0.15, -0.1) is 0 Å². The van der Waals surface area contributed by atoms with E-state index in [1.807, 2.05) is 6.07 Å². The smallest absolute Gasteiger partial charge is 0.0720 e. The van der Waals surface area contributed by atoms with Crippen LogP contribution in [0.15, 0.2) is 42.5 Å². The maximum atomic E-state index is 11.1. The number of aliphatic hydroxyl groups is 1. The van der Waals surface area contributed by atoms with E-state index in [9.17, 15) is 5.11 Å². The molecular weight excluding hydrogens is 366 g/mol. The van der Waals surface area contributed by atoms with E-state index in [0.29, 0.717) is 5.92 Å². The third kappa shape index (κ3) is 2.54. The van der Waals surface area contributed by atoms with Crippen molar-refractivity contribution in [3.63, 3.8) is 0 Å². The second kappa shape index (κ2) is 6.08. The molecule has 0 saturated carbocycles. The molecule has 1 N–H and O–H groups in total. The molecular formula is C25H30ClNO. The van der Waals surface area contributed by atoms with E-state index in [-0.39, 0.29) is 10.8 Å². The molecule has 2 unspecified atom stereocenters. The zero-order valence-corrected chi connectivity index (χ0v) is 17.9. The number of rotatable bonds is 2. The maximum absolute atomic E-state index is 11.1. The van der Waals surface area contributed by atoms with Gasteiger partial charge >= 0.3 is 0 Å². The van der Waals surface area contributed by atoms with Gasteiger partial charge in [-0.3, -0.25) is 0 Å². The lowest BCUT2D eigenvalue weighted by Gasteiger charge is -2.48. The monoisotopic (exact) mass is 395 g/mol. The fraction of sp³-hybridized carbons (Fsp3) is 0.520. The highest BCUT2D eigenvalue weighted by Gasteiger charge is 2.54. The SMILES string of the molecule is CC(C)(C)C1(O)CCN(CC23CC(c4ccccc42)c2ccc(Cl)cc23)CC1. The Balaban J connectivity index is 1.49. The van der Waals surface area contributed by atoms with E-state index in [2.05, 4.69) is 62.1 Å². The molecule has 2 bridgehead atoms. The highest BCUT2D eigenvalue weighted by atomic mass is 35.5. The number of hydrogen-bond acceptors (Lipinski definition) is 2. The standard InChI is InChI=1S/C25H30ClNO/c1-23(2,3)25(28)10-12-27(13-11-25)16-24-15-20(18-6-4-5-7-21(18)24)19-9-8-17(26)14-22(19)24/h4-9,14,20,28H,10-13,15-16H2,1-3H3. The van der Waals surface area contributed by atoms with Gasteiger partial charge in [0.1, 0.15) is 0 Å². The number of likely N-dealkylation sites (tertiary alicyclic amines) is 1. The van der Waals surface area contributed by atoms with Crippen molar-refractivity contribution in [2.24, 2.45) is 5.41 Å². The largest absolute Gasteiger partial charge is 0.389 e. The summed E-state index contributed by atoms with van der Waals surface area (Å²) in [6.07, 6.45) is 2.85. The van der Waals surface area contributed by atoms with Gasteiger partial charge in [-0.1, -0.05) is 62.7 Å². The summed E-state index contributed by atoms with van der Waals surface area (Å²) in [5, 5.41) is 12.0. The van der Waals surface area contributed by atoms with Crippen molar-refractivity contribution in [1.82, 2.24) is 4.90 Å². The van der Waals surface area contributed by atoms with Crippen molar-refractivity contribution in [3.8, 4) is 0 Å². The molecule has 2 aromatic rings. The first-order valence-electron chi connectivity index (χ1n) is 10.6. The summed E-state index contributed by atoms with van der Waals surface area (Å²) >= 11 is 6.43. The van der Waals surface area contributed by atoms with Gasteiger partial charge < -0.3 is 10.0 Å². The third-order valence-corrected chi connectivity index (χ3v) is 8.12. The van der Waals surface area contributed by atoms with Crippen LogP contribution in [0.3, 0.4) is 0 Å². The van der Waals surface area contributed by atoms with Crippen LogP contribution in [0.25, 0.3) is 0 Å². The Morgan fingerprint density at radius 3 is 2.43 bits per heavy atom. The van der Waals surface area contributed by atoms with Crippen molar-refractivity contribution >= 4 is 11.6 Å². The molecule has 2 aromatic carbocycles. The fourth-order valence-electron chi connectivity index (χ4n) is 6.03. The van der Waals surface area contributed by atoms with Crippen LogP contribution in [-0.4, -0.2) is 35.2 Å². The van der Waals surface area contributed by atoms with E-state index in [0.717, 1.165) is 43.9 Å². The molecule has 0 aromatic heterocycles. The minimum absolute atomic E-state index is 0.0404. The Kier molecular flexibility index (Phi) is 4.05. The lowest BCUT2D eigenvalue weighted by Crippen LogP contribution is -2.53. The van der Waals surface area contributed by atoms with Gasteiger partial charge in [0.05, 0.1) is 5.60 Å². The minimum atomic E-state index is -0.561. The summed E-state index contributed by atoms with van der Waals surface area (Å²) in [7, 11) is 0. The Labute approximate surface area is 173 Å². The van der Waals surface area contributed by atoms with E-state index in [1.165, 1.54) is 22.3 Å². The Morgan fingerprint density at radius 1 is 1.04 bits per heavy atom. The van der Waals surface area contributed by atoms with Crippen LogP contribution in [0, 0.1) is 5.41 Å². The Bertz CT molecular complexity index is 922. The number of nitrogens with zero attached hydrogens (tertiary/aromatic N) is 1. The molecule has 5 rings (SSSR count). The van der Waals surface area contributed by atoms with E-state index in [1.54, 1.807) is 0 Å². The molecule has 0 amide bonds. The third-order valence-electron chi connectivity index (χ3n) is 7.88. The van der Waals surface area contributed by atoms with Gasteiger partial charge in [-0.25, -0.2) is 0 Å². The average Bonchev–Trinajstić information content (AvgIpc) is 3.14. The van der Waals surface area contributed by atoms with Crippen LogP contribution in [0.1, 0.15) is 68.2 Å². The zero-order valence-electron chi connectivity index (χ0n) is 17.1. The number of benzene rings is 2. The lowest BCUT2D eigenvalue weighted by atomic mass is 9.70. The van der Waals surface area contributed by atoms with Crippen LogP contribution in [0.2, 0.25) is 5.02 Å². The molecule has 28 heavy (non-hydrogen) atoms. The predicted octanol–water partition coefficient (Wildman–Crippen LogP) is 5.35. The van der Waals surface area contributed by atoms with Crippen LogP contribution in [0.4, 0.5) is 0 Å². The molecule has 1 saturated heterocycles. The highest BCUT2D eigenvalue weighted by Crippen LogP contribution is 2.60. The topological polar surface area (TPSA) is 23.5 Å². The van der Waals surface area contributed by atoms with Crippen LogP contribution in [0.5, 0.6) is 0 Å². The maximum Gasteiger partial charge on any atom is 0.0720 e. The van der Waals surface area contributed by atoms with Crippen molar-refractivity contribution in [2.45, 2.75) is 57.0 Å². The fourth-order valence-corrected chi connectivity index (χ4v) is 6.20. The Hall–Kier alpha value is -1.35. The van der Waals surface area contributed by atoms with Gasteiger partial charge in [-0.05, 0) is 59.1 Å². The van der Waals surface area contributed by atoms with E-state index in [4.69, 9.17) is 11.6 Å². The first-order valence-corrected chi connectivity index (χ1v) is 11.0. The molecule has 148 valence electrons. The molecule has 0 spiro atoms. The molecule has 0 radical (unpaired) electrons. The first kappa shape index (κ1) is 18.7. The van der Waals surface area contributed by atoms with Crippen LogP contribution in [-0.2, 0) is 5.41 Å². The summed E-state index contributed by atoms with van der Waals surface area (Å²) in [5.74, 6) is 0.500. The summed E-state index contributed by atoms with van der Waals surface area (Å²) in [6.45, 7) is 9.42. The van der Waals surface area contributed by atoms with Gasteiger partial charge in [0.15, 0.2) is 0 Å². The quantitative estimate of drug-likeness (QED) is 0.741. The summed E-state index contributed by atoms with van der Waals surface area (Å²) in [4.78, 5) is 2.58. The molecule has 1 aliphatic heterocycles. The molecule has 2 aliphatic carbocycles. The first-order chi connectivity index (χ1) is 13.2. The second-order valence-corrected chi connectivity index (χ2v) is 10.7. The van der Waals surface area contributed by atoms with Crippen molar-refractivity contribution in [3.05, 3.63) is 69.7 Å². The summed E-state index contributed by atoms with van der Waals surface area (Å²) in [5.41, 5.74) is 5.29. The Morgan fingerprint density at radius 2 is 1.71 bits per heavy atom. The normalized spacial score (nSPS) is 28.2. The lowest BCUT2D eigenvalue weighted by molar-refractivity contribution is -0.100. The second-order valence-electron chi connectivity index (χ2n) is 10.2. The number of piperidine rings is 1. The molecule has 3 aliphatic rings. The van der Waals surface area contributed by atoms with Crippen molar-refractivity contribution in [2.75, 3.05) is 19.6 Å². The molecule has 2 atom stereocenters. The minimum Gasteiger partial charge on any atom is -0.389 e. The van der Waals surface area contributed by atoms with Crippen molar-refractivity contribution < 1.29 is 5.11 Å². The molecule has 1 fully saturated rings. The van der Waals surface area contributed by atoms with Gasteiger partial charge in [0.2, 0.25) is 0 Å². The van der Waals surface area contributed by atoms with Gasteiger partial charge in [0.25, 0.3) is 0 Å². The summed E-state index contributed by atoms with van der Waals surface area (Å²) in [6, 6.07) is 15.5. The zero-order chi connectivity index (χ0) is 19.7. The van der Waals surface area contributed by atoms with Gasteiger partial charge in [0, 0.05) is 36.0 Å². The molecule has 3 heteroatoms. The van der Waals surface area contributed by atoms with Crippen LogP contribution >= 0.6 is 11.6 Å². The number of halogens is 1. The summed E-state index contributed by atoms with van der Waals surface area (Å²) < 4.78 is 0. The molecule has 1 heterocycles. The van der Waals surface area contributed by atoms with E-state index >= 15 is 0 Å². The highest BCUT2D eigenvalue weighted by molar-refractivity contribution is 6.30. The van der Waals surface area contributed by atoms with Gasteiger partial charge in [-0.2, -0.15) is 0 Å². The van der Waals surface area contributed by atoms with Crippen molar-refractivity contribution in [1.29, 1.82) is 0 Å². The average molecular weight is 396 g/mol. The molecule has 2 nitrogen and oxygen atoms in total.